The smallest absolute Gasteiger partial charge is 0.408 e. The molecule has 0 aromatic heterocycles. The molecule has 1 rings (SSSR count). The normalized spacial score (nSPS) is 11.7. The zero-order valence-electron chi connectivity index (χ0n) is 15.9. The third kappa shape index (κ3) is 15.6. The van der Waals surface area contributed by atoms with Gasteiger partial charge in [0.1, 0.15) is 11.6 Å². The first-order valence-corrected chi connectivity index (χ1v) is 8.09. The van der Waals surface area contributed by atoms with Crippen molar-refractivity contribution in [1.29, 1.82) is 0 Å². The van der Waals surface area contributed by atoms with Gasteiger partial charge in [-0.3, -0.25) is 6.29 Å². The second-order valence-electron chi connectivity index (χ2n) is 6.17. The molecule has 6 nitrogen and oxygen atoms in total. The summed E-state index contributed by atoms with van der Waals surface area (Å²) in [5, 5.41) is 11.5. The van der Waals surface area contributed by atoms with E-state index in [1.165, 1.54) is 13.2 Å². The molecule has 0 aliphatic heterocycles. The molecule has 0 unspecified atom stereocenters. The van der Waals surface area contributed by atoms with E-state index in [2.05, 4.69) is 5.32 Å². The van der Waals surface area contributed by atoms with Crippen LogP contribution in [0.3, 0.4) is 0 Å². The number of amides is 1. The van der Waals surface area contributed by atoms with Gasteiger partial charge in [0, 0.05) is 17.1 Å². The van der Waals surface area contributed by atoms with Crippen molar-refractivity contribution in [3.05, 3.63) is 54.1 Å². The van der Waals surface area contributed by atoms with Gasteiger partial charge in [0.2, 0.25) is 0 Å². The fraction of sp³-hybridized carbons (Fsp3) is 0.350. The number of hydrogen-bond acceptors (Lipinski definition) is 4. The summed E-state index contributed by atoms with van der Waals surface area (Å²) in [5.41, 5.74) is 0.389. The summed E-state index contributed by atoms with van der Waals surface area (Å²) in [4.78, 5) is 31.5. The number of nitrogens with one attached hydrogen (secondary N) is 1. The third-order valence-electron chi connectivity index (χ3n) is 2.70. The van der Waals surface area contributed by atoms with Gasteiger partial charge < -0.3 is 20.0 Å². The molecule has 0 aliphatic carbocycles. The SMILES string of the molecule is CC(C)(C)OC(=O)N[C@@H](CC=CC=Cc1ccccc1)C(=O)O.C[C-]=O.[Fe]. The van der Waals surface area contributed by atoms with Crippen LogP contribution in [0.4, 0.5) is 4.79 Å². The van der Waals surface area contributed by atoms with Crippen LogP contribution in [0.15, 0.2) is 48.6 Å². The van der Waals surface area contributed by atoms with E-state index in [1.54, 1.807) is 32.9 Å². The van der Waals surface area contributed by atoms with Gasteiger partial charge in [-0.25, -0.2) is 9.59 Å². The molecule has 2 N–H and O–H groups in total. The number of aliphatic carboxylic acids is 1. The average Bonchev–Trinajstić information content (AvgIpc) is 2.53. The topological polar surface area (TPSA) is 92.7 Å². The average molecular weight is 416 g/mol. The summed E-state index contributed by atoms with van der Waals surface area (Å²) in [6.45, 7) is 6.48. The van der Waals surface area contributed by atoms with Gasteiger partial charge in [0.25, 0.3) is 0 Å². The van der Waals surface area contributed by atoms with Gasteiger partial charge in [0.15, 0.2) is 0 Å². The summed E-state index contributed by atoms with van der Waals surface area (Å²) >= 11 is 0. The first-order valence-electron chi connectivity index (χ1n) is 8.09. The Morgan fingerprint density at radius 3 is 2.26 bits per heavy atom. The largest absolute Gasteiger partial charge is 0.542 e. The van der Waals surface area contributed by atoms with Gasteiger partial charge in [-0.15, -0.1) is 0 Å². The Labute approximate surface area is 171 Å². The maximum absolute atomic E-state index is 11.6. The van der Waals surface area contributed by atoms with Crippen LogP contribution in [0, 0.1) is 0 Å². The molecule has 27 heavy (non-hydrogen) atoms. The Morgan fingerprint density at radius 2 is 1.78 bits per heavy atom. The number of carboxylic acid groups (broad SMARTS) is 1. The number of allylic oxidation sites excluding steroid dienone is 2. The van der Waals surface area contributed by atoms with E-state index in [4.69, 9.17) is 14.6 Å². The summed E-state index contributed by atoms with van der Waals surface area (Å²) in [5.74, 6) is -1.10. The molecular weight excluding hydrogens is 390 g/mol. The van der Waals surface area contributed by atoms with Crippen LogP contribution in [-0.2, 0) is 31.4 Å². The summed E-state index contributed by atoms with van der Waals surface area (Å²) in [7, 11) is 0. The fourth-order valence-corrected chi connectivity index (χ4v) is 1.70. The zero-order chi connectivity index (χ0) is 20.0. The molecule has 0 heterocycles. The molecule has 1 aromatic carbocycles. The number of carbonyl (C=O) groups is 2. The van der Waals surface area contributed by atoms with Gasteiger partial charge in [0.05, 0.1) is 0 Å². The van der Waals surface area contributed by atoms with E-state index in [0.717, 1.165) is 5.56 Å². The third-order valence-corrected chi connectivity index (χ3v) is 2.70. The van der Waals surface area contributed by atoms with E-state index in [0.29, 0.717) is 0 Å². The molecular formula is C20H26FeNO5-. The van der Waals surface area contributed by atoms with E-state index < -0.39 is 23.7 Å². The van der Waals surface area contributed by atoms with Crippen molar-refractivity contribution in [2.24, 2.45) is 0 Å². The molecule has 0 aliphatic rings. The van der Waals surface area contributed by atoms with Gasteiger partial charge in [-0.2, -0.15) is 6.92 Å². The molecule has 0 radical (unpaired) electrons. The second-order valence-corrected chi connectivity index (χ2v) is 6.17. The van der Waals surface area contributed by atoms with Gasteiger partial charge in [-0.1, -0.05) is 54.6 Å². The Morgan fingerprint density at radius 1 is 1.22 bits per heavy atom. The van der Waals surface area contributed by atoms with E-state index in [-0.39, 0.29) is 23.5 Å². The molecule has 0 bridgehead atoms. The number of ether oxygens (including phenoxy) is 1. The maximum Gasteiger partial charge on any atom is 0.408 e. The molecule has 0 fully saturated rings. The Kier molecular flexibility index (Phi) is 14.7. The first kappa shape index (κ1) is 26.9. The van der Waals surface area contributed by atoms with Crippen molar-refractivity contribution >= 4 is 24.4 Å². The fourth-order valence-electron chi connectivity index (χ4n) is 1.70. The van der Waals surface area contributed by atoms with Crippen molar-refractivity contribution in [1.82, 2.24) is 5.32 Å². The van der Waals surface area contributed by atoms with Crippen LogP contribution in [0.5, 0.6) is 0 Å². The number of alkyl carbamates (subject to hydrolysis) is 1. The molecule has 1 amide bonds. The summed E-state index contributed by atoms with van der Waals surface area (Å²) in [6, 6.07) is 8.73. The standard InChI is InChI=1S/C18H23NO4.C2H3O.Fe/c1-18(2,3)23-17(22)19-15(16(20)21)13-9-5-8-12-14-10-6-4-7-11-14;1-2-3;/h4-12,15H,13H2,1-3H3,(H,19,22)(H,20,21);1H3;/q;-1;/t15-;;/m0../s1. The van der Waals surface area contributed by atoms with Crippen LogP contribution < -0.4 is 5.32 Å². The monoisotopic (exact) mass is 416 g/mol. The predicted molar refractivity (Wildman–Crippen MR) is 101 cm³/mol. The van der Waals surface area contributed by atoms with E-state index in [9.17, 15) is 9.59 Å². The van der Waals surface area contributed by atoms with Crippen molar-refractivity contribution < 1.29 is 41.3 Å². The molecule has 150 valence electrons. The van der Waals surface area contributed by atoms with Crippen LogP contribution in [-0.4, -0.2) is 35.1 Å². The Bertz CT molecular complexity index is 621. The van der Waals surface area contributed by atoms with Crippen molar-refractivity contribution in [2.45, 2.75) is 45.8 Å². The molecule has 1 atom stereocenters. The van der Waals surface area contributed by atoms with E-state index in [1.807, 2.05) is 42.5 Å². The summed E-state index contributed by atoms with van der Waals surface area (Å²) < 4.78 is 5.05. The molecule has 0 saturated carbocycles. The summed E-state index contributed by atoms with van der Waals surface area (Å²) in [6.07, 6.45) is 8.11. The minimum atomic E-state index is -1.10. The van der Waals surface area contributed by atoms with Crippen LogP contribution in [0.25, 0.3) is 6.08 Å². The van der Waals surface area contributed by atoms with Gasteiger partial charge >= 0.3 is 12.1 Å². The zero-order valence-corrected chi connectivity index (χ0v) is 17.0. The second kappa shape index (κ2) is 14.8. The Balaban J connectivity index is 0. The van der Waals surface area contributed by atoms with Crippen LogP contribution in [0.2, 0.25) is 0 Å². The van der Waals surface area contributed by atoms with Crippen LogP contribution in [0.1, 0.15) is 39.7 Å². The van der Waals surface area contributed by atoms with Gasteiger partial charge in [-0.05, 0) is 32.8 Å². The number of carbonyl (C=O) groups excluding carboxylic acids is 2. The maximum atomic E-state index is 11.6. The van der Waals surface area contributed by atoms with Crippen molar-refractivity contribution in [3.63, 3.8) is 0 Å². The minimum absolute atomic E-state index is 0. The minimum Gasteiger partial charge on any atom is -0.542 e. The number of rotatable bonds is 6. The van der Waals surface area contributed by atoms with E-state index >= 15 is 0 Å². The number of hydrogen-bond donors (Lipinski definition) is 2. The molecule has 1 aromatic rings. The number of carboxylic acids is 1. The van der Waals surface area contributed by atoms with Crippen molar-refractivity contribution in [3.8, 4) is 0 Å². The first-order chi connectivity index (χ1) is 12.2. The molecule has 7 heteroatoms. The number of benzene rings is 1. The molecule has 0 saturated heterocycles. The predicted octanol–water partition coefficient (Wildman–Crippen LogP) is 3.74. The quantitative estimate of drug-likeness (QED) is 0.419. The van der Waals surface area contributed by atoms with Crippen LogP contribution >= 0.6 is 0 Å². The molecule has 0 spiro atoms. The Hall–Kier alpha value is -2.37. The van der Waals surface area contributed by atoms with Crippen molar-refractivity contribution in [2.75, 3.05) is 0 Å².